The molecule has 0 radical (unpaired) electrons. The van der Waals surface area contributed by atoms with Gasteiger partial charge in [0.15, 0.2) is 12.2 Å². The molecule has 0 aromatic rings. The van der Waals surface area contributed by atoms with Crippen molar-refractivity contribution in [1.82, 2.24) is 0 Å². The molecule has 562 valence electrons. The fourth-order valence-corrected chi connectivity index (χ4v) is 12.4. The maximum absolute atomic E-state index is 13.1. The number of rotatable bonds is 74. The van der Waals surface area contributed by atoms with Gasteiger partial charge >= 0.3 is 39.5 Å². The average molecular weight is 1400 g/mol. The molecule has 19 heteroatoms. The Hall–Kier alpha value is -2.98. The summed E-state index contributed by atoms with van der Waals surface area (Å²) in [5.41, 5.74) is 0. The summed E-state index contributed by atoms with van der Waals surface area (Å²) in [6.45, 7) is 4.86. The van der Waals surface area contributed by atoms with Crippen LogP contribution in [-0.4, -0.2) is 96.7 Å². The molecule has 0 aliphatic heterocycles. The number of hydrogen-bond acceptors (Lipinski definition) is 15. The largest absolute Gasteiger partial charge is 0.472 e. The van der Waals surface area contributed by atoms with Gasteiger partial charge in [0.05, 0.1) is 26.4 Å². The topological polar surface area (TPSA) is 237 Å². The van der Waals surface area contributed by atoms with Gasteiger partial charge in [-0.3, -0.25) is 37.3 Å². The predicted molar refractivity (Wildman–Crippen MR) is 390 cm³/mol. The van der Waals surface area contributed by atoms with E-state index in [1.54, 1.807) is 0 Å². The number of phosphoric ester groups is 2. The molecule has 0 heterocycles. The fourth-order valence-electron chi connectivity index (χ4n) is 10.9. The number of esters is 4. The lowest BCUT2D eigenvalue weighted by Crippen LogP contribution is -2.30. The van der Waals surface area contributed by atoms with Gasteiger partial charge in [-0.2, -0.15) is 0 Å². The second kappa shape index (κ2) is 70.5. The third-order valence-electron chi connectivity index (χ3n) is 16.8. The zero-order valence-electron chi connectivity index (χ0n) is 61.3. The first-order valence-electron chi connectivity index (χ1n) is 38.9. The van der Waals surface area contributed by atoms with Gasteiger partial charge in [-0.1, -0.05) is 320 Å². The van der Waals surface area contributed by atoms with Crippen molar-refractivity contribution < 1.29 is 80.2 Å². The van der Waals surface area contributed by atoms with Crippen LogP contribution in [-0.2, 0) is 65.4 Å². The first-order valence-corrected chi connectivity index (χ1v) is 41.9. The third-order valence-corrected chi connectivity index (χ3v) is 18.7. The van der Waals surface area contributed by atoms with Crippen LogP contribution in [0.4, 0.5) is 0 Å². The molecule has 17 nitrogen and oxygen atoms in total. The number of aliphatic hydroxyl groups excluding tert-OH is 1. The molecule has 0 bridgehead atoms. The van der Waals surface area contributed by atoms with Gasteiger partial charge in [-0.15, -0.1) is 0 Å². The number of carbonyl (C=O) groups excluding carboxylic acids is 4. The molecule has 0 aliphatic carbocycles. The summed E-state index contributed by atoms with van der Waals surface area (Å²) in [5.74, 6) is -2.20. The first-order chi connectivity index (χ1) is 46.7. The van der Waals surface area contributed by atoms with Crippen molar-refractivity contribution in [2.24, 2.45) is 0 Å². The van der Waals surface area contributed by atoms with Gasteiger partial charge in [0, 0.05) is 25.7 Å². The minimum atomic E-state index is -4.97. The molecule has 96 heavy (non-hydrogen) atoms. The Labute approximate surface area is 585 Å². The van der Waals surface area contributed by atoms with E-state index in [2.05, 4.69) is 64.2 Å². The summed E-state index contributed by atoms with van der Waals surface area (Å²) in [6, 6.07) is 0. The van der Waals surface area contributed by atoms with Crippen LogP contribution in [0.2, 0.25) is 0 Å². The lowest BCUT2D eigenvalue weighted by molar-refractivity contribution is -0.161. The van der Waals surface area contributed by atoms with E-state index < -0.39 is 97.5 Å². The predicted octanol–water partition coefficient (Wildman–Crippen LogP) is 22.1. The Morgan fingerprint density at radius 3 is 0.823 bits per heavy atom. The molecule has 0 aromatic carbocycles. The molecule has 0 saturated heterocycles. The normalized spacial score (nSPS) is 14.2. The summed E-state index contributed by atoms with van der Waals surface area (Å²) < 4.78 is 68.4. The molecule has 2 unspecified atom stereocenters. The Kier molecular flexibility index (Phi) is 68.3. The Bertz CT molecular complexity index is 2010. The van der Waals surface area contributed by atoms with Crippen LogP contribution in [0.1, 0.15) is 362 Å². The van der Waals surface area contributed by atoms with Crippen molar-refractivity contribution in [2.75, 3.05) is 39.6 Å². The monoisotopic (exact) mass is 1400 g/mol. The zero-order chi connectivity index (χ0) is 70.4. The lowest BCUT2D eigenvalue weighted by Gasteiger charge is -2.21. The molecule has 0 aromatic heterocycles. The summed E-state index contributed by atoms with van der Waals surface area (Å²) in [4.78, 5) is 72.8. The number of hydrogen-bond donors (Lipinski definition) is 3. The number of aliphatic hydroxyl groups is 1. The van der Waals surface area contributed by atoms with Gasteiger partial charge in [-0.25, -0.2) is 9.13 Å². The van der Waals surface area contributed by atoms with Crippen LogP contribution in [0.5, 0.6) is 0 Å². The third kappa shape index (κ3) is 69.5. The molecule has 5 atom stereocenters. The smallest absolute Gasteiger partial charge is 0.462 e. The number of ether oxygens (including phenoxy) is 4. The van der Waals surface area contributed by atoms with E-state index in [-0.39, 0.29) is 25.7 Å². The molecule has 0 fully saturated rings. The van der Waals surface area contributed by atoms with E-state index in [0.717, 1.165) is 96.3 Å². The SMILES string of the molecule is CCCCC/C=C\C/C=C\C/C=C\C/C=C\CCCC(=O)OC[C@H](COP(=O)(O)OC[C@@H](O)COP(=O)(O)OC[C@@H](COC(=O)CCCCCCCCCCCCCCC)OC(=O)CCCCCCCCCCCCCCC)OC(=O)CCCCCCCCCCCCCCC. The van der Waals surface area contributed by atoms with Gasteiger partial charge in [-0.05, 0) is 64.2 Å². The quantitative estimate of drug-likeness (QED) is 0.0169. The Morgan fingerprint density at radius 2 is 0.521 bits per heavy atom. The van der Waals surface area contributed by atoms with Crippen LogP contribution < -0.4 is 0 Å². The van der Waals surface area contributed by atoms with E-state index in [0.29, 0.717) is 32.1 Å². The molecule has 0 saturated carbocycles. The van der Waals surface area contributed by atoms with Gasteiger partial charge < -0.3 is 33.8 Å². The zero-order valence-corrected chi connectivity index (χ0v) is 63.1. The van der Waals surface area contributed by atoms with Gasteiger partial charge in [0.1, 0.15) is 19.3 Å². The number of phosphoric acid groups is 2. The van der Waals surface area contributed by atoms with Crippen molar-refractivity contribution in [3.05, 3.63) is 48.6 Å². The minimum absolute atomic E-state index is 0.0908. The highest BCUT2D eigenvalue weighted by molar-refractivity contribution is 7.47. The highest BCUT2D eigenvalue weighted by Crippen LogP contribution is 2.45. The fraction of sp³-hybridized carbons (Fsp3) is 0.844. The van der Waals surface area contributed by atoms with Crippen molar-refractivity contribution >= 4 is 39.5 Å². The second-order valence-corrected chi connectivity index (χ2v) is 29.2. The standard InChI is InChI=1S/C77H142O17P2/c1-5-9-13-17-21-25-29-33-34-35-36-40-42-46-50-54-58-62-75(80)88-68-73(94-77(82)64-60-56-52-48-44-39-32-28-24-20-16-12-8-4)70-92-96(85,86)90-66-71(78)65-89-95(83,84)91-69-72(93-76(81)63-59-55-51-47-43-38-31-27-23-19-15-11-7-3)67-87-74(79)61-57-53-49-45-41-37-30-26-22-18-14-10-6-2/h21,25,33-34,36,40,46,50,71-73,78H,5-20,22-24,26-32,35,37-39,41-45,47-49,51-70H2,1-4H3,(H,83,84)(H,85,86)/b25-21-,34-33-,40-36-,50-46-/t71-,72+,73+/m0/s1. The van der Waals surface area contributed by atoms with Gasteiger partial charge in [0.2, 0.25) is 0 Å². The maximum Gasteiger partial charge on any atom is 0.472 e. The minimum Gasteiger partial charge on any atom is -0.462 e. The summed E-state index contributed by atoms with van der Waals surface area (Å²) >= 11 is 0. The van der Waals surface area contributed by atoms with E-state index in [9.17, 15) is 43.2 Å². The summed E-state index contributed by atoms with van der Waals surface area (Å²) in [7, 11) is -9.94. The van der Waals surface area contributed by atoms with E-state index in [4.69, 9.17) is 37.0 Å². The van der Waals surface area contributed by atoms with E-state index in [1.165, 1.54) is 180 Å². The van der Waals surface area contributed by atoms with Crippen molar-refractivity contribution in [3.63, 3.8) is 0 Å². The summed E-state index contributed by atoms with van der Waals surface area (Å²) in [5, 5.41) is 10.6. The average Bonchev–Trinajstić information content (AvgIpc) is 3.12. The Morgan fingerprint density at radius 1 is 0.292 bits per heavy atom. The van der Waals surface area contributed by atoms with Crippen molar-refractivity contribution in [2.45, 2.75) is 380 Å². The van der Waals surface area contributed by atoms with Crippen LogP contribution in [0.15, 0.2) is 48.6 Å². The Balaban J connectivity index is 5.33. The van der Waals surface area contributed by atoms with Crippen LogP contribution in [0, 0.1) is 0 Å². The molecule has 0 spiro atoms. The first kappa shape index (κ1) is 93.0. The number of carbonyl (C=O) groups is 4. The van der Waals surface area contributed by atoms with Crippen molar-refractivity contribution in [1.29, 1.82) is 0 Å². The highest BCUT2D eigenvalue weighted by atomic mass is 31.2. The molecule has 0 amide bonds. The molecular weight excluding hydrogens is 1260 g/mol. The highest BCUT2D eigenvalue weighted by Gasteiger charge is 2.30. The molecule has 0 aliphatic rings. The lowest BCUT2D eigenvalue weighted by atomic mass is 10.0. The second-order valence-electron chi connectivity index (χ2n) is 26.3. The molecule has 3 N–H and O–H groups in total. The number of allylic oxidation sites excluding steroid dienone is 8. The summed E-state index contributed by atoms with van der Waals surface area (Å²) in [6.07, 6.45) is 66.7. The van der Waals surface area contributed by atoms with Crippen LogP contribution >= 0.6 is 15.6 Å². The van der Waals surface area contributed by atoms with Gasteiger partial charge in [0.25, 0.3) is 0 Å². The van der Waals surface area contributed by atoms with E-state index in [1.807, 2.05) is 12.2 Å². The molecular formula is C77H142O17P2. The number of unbranched alkanes of at least 4 members (excludes halogenated alkanes) is 40. The maximum atomic E-state index is 13.1. The van der Waals surface area contributed by atoms with E-state index >= 15 is 0 Å². The van der Waals surface area contributed by atoms with Crippen molar-refractivity contribution in [3.8, 4) is 0 Å². The molecule has 0 rings (SSSR count). The van der Waals surface area contributed by atoms with Crippen LogP contribution in [0.25, 0.3) is 0 Å². The van der Waals surface area contributed by atoms with Crippen LogP contribution in [0.3, 0.4) is 0 Å².